The first-order valence-electron chi connectivity index (χ1n) is 18.5. The molecule has 19 heteroatoms. The molecule has 6 amide bonds. The summed E-state index contributed by atoms with van der Waals surface area (Å²) in [6, 6.07) is -1.92. The van der Waals surface area contributed by atoms with Crippen molar-refractivity contribution >= 4 is 47.7 Å². The number of carbonyl (C=O) groups is 8. The van der Waals surface area contributed by atoms with E-state index in [4.69, 9.17) is 5.11 Å². The molecule has 0 radical (unpaired) electrons. The predicted molar refractivity (Wildman–Crippen MR) is 201 cm³/mol. The van der Waals surface area contributed by atoms with Gasteiger partial charge in [0.05, 0.1) is 25.5 Å². The van der Waals surface area contributed by atoms with E-state index in [-0.39, 0.29) is 25.0 Å². The molecular weight excluding hydrogens is 757 g/mol. The van der Waals surface area contributed by atoms with Crippen LogP contribution in [0.2, 0.25) is 0 Å². The Morgan fingerprint density at radius 2 is 1.30 bits per heavy atom. The van der Waals surface area contributed by atoms with Crippen LogP contribution in [-0.2, 0) is 44.8 Å². The van der Waals surface area contributed by atoms with Crippen molar-refractivity contribution in [3.05, 3.63) is 35.4 Å². The van der Waals surface area contributed by atoms with Crippen LogP contribution in [0.25, 0.3) is 0 Å². The maximum atomic E-state index is 14.1. The largest absolute Gasteiger partial charge is 0.481 e. The number of hydrogen-bond acceptors (Lipinski definition) is 9. The van der Waals surface area contributed by atoms with Crippen molar-refractivity contribution < 1.29 is 61.7 Å². The highest BCUT2D eigenvalue weighted by Gasteiger charge is 2.39. The fourth-order valence-electron chi connectivity index (χ4n) is 5.54. The molecule has 0 aliphatic heterocycles. The van der Waals surface area contributed by atoms with Gasteiger partial charge < -0.3 is 46.9 Å². The number of benzene rings is 1. The molecule has 0 aliphatic carbocycles. The summed E-state index contributed by atoms with van der Waals surface area (Å²) < 4.78 is 39.0. The lowest BCUT2D eigenvalue weighted by molar-refractivity contribution is -0.147. The van der Waals surface area contributed by atoms with Gasteiger partial charge in [-0.1, -0.05) is 72.7 Å². The van der Waals surface area contributed by atoms with E-state index >= 15 is 0 Å². The van der Waals surface area contributed by atoms with Crippen LogP contribution in [0.4, 0.5) is 13.2 Å². The van der Waals surface area contributed by atoms with Gasteiger partial charge in [-0.05, 0) is 41.7 Å². The van der Waals surface area contributed by atoms with E-state index in [0.717, 1.165) is 5.56 Å². The number of carbonyl (C=O) groups excluding carboxylic acids is 7. The number of hydrogen-bond donors (Lipinski definition) is 8. The van der Waals surface area contributed by atoms with E-state index < -0.39 is 121 Å². The van der Waals surface area contributed by atoms with Crippen LogP contribution in [-0.4, -0.2) is 107 Å². The number of rotatable bonds is 22. The number of halogens is 3. The number of aliphatic carboxylic acids is 1. The zero-order valence-electron chi connectivity index (χ0n) is 33.5. The number of carboxylic acids is 1. The topological polar surface area (TPSA) is 249 Å². The molecule has 57 heavy (non-hydrogen) atoms. The average Bonchev–Trinajstić information content (AvgIpc) is 3.08. The second-order valence-corrected chi connectivity index (χ2v) is 15.7. The number of aliphatic hydroxyl groups excluding tert-OH is 1. The number of nitrogens with one attached hydrogen (secondary N) is 6. The molecule has 0 saturated carbocycles. The zero-order valence-corrected chi connectivity index (χ0v) is 33.5. The van der Waals surface area contributed by atoms with Crippen molar-refractivity contribution in [2.45, 2.75) is 130 Å². The smallest absolute Gasteiger partial charge is 0.391 e. The molecule has 0 aromatic heterocycles. The van der Waals surface area contributed by atoms with Gasteiger partial charge in [0.15, 0.2) is 0 Å². The number of aldehydes is 1. The first kappa shape index (κ1) is 49.9. The van der Waals surface area contributed by atoms with Gasteiger partial charge in [-0.3, -0.25) is 33.6 Å². The maximum Gasteiger partial charge on any atom is 0.391 e. The van der Waals surface area contributed by atoms with Crippen molar-refractivity contribution in [1.29, 1.82) is 0 Å². The van der Waals surface area contributed by atoms with E-state index in [9.17, 15) is 56.6 Å². The average molecular weight is 815 g/mol. The highest BCUT2D eigenvalue weighted by molar-refractivity contribution is 5.97. The second kappa shape index (κ2) is 22.6. The molecule has 16 nitrogen and oxygen atoms in total. The van der Waals surface area contributed by atoms with Crippen LogP contribution in [0.5, 0.6) is 0 Å². The van der Waals surface area contributed by atoms with E-state index in [1.165, 1.54) is 0 Å². The Balaban J connectivity index is 3.43. The summed E-state index contributed by atoms with van der Waals surface area (Å²) in [6.07, 6.45) is -7.54. The number of amides is 6. The minimum absolute atomic E-state index is 0.0303. The Morgan fingerprint density at radius 3 is 1.79 bits per heavy atom. The molecule has 0 aliphatic rings. The molecule has 1 unspecified atom stereocenters. The zero-order chi connectivity index (χ0) is 43.8. The highest BCUT2D eigenvalue weighted by atomic mass is 19.4. The third-order valence-electron chi connectivity index (χ3n) is 8.66. The molecule has 1 aromatic rings. The van der Waals surface area contributed by atoms with E-state index in [2.05, 4.69) is 26.6 Å². The SMILES string of the molecule is Cc1ccccc1C[C@H](NC(=O)[C@H](NC(=O)[C@H](CO)NC(=O)CCC(=O)O)C(C)C)C(=O)N[C@H](C(=O)N[C@@H](CC(C)C)C(=O)NC(C=O)CC(F)(F)F)C(C)(C)C. The fraction of sp³-hybridized carbons (Fsp3) is 0.632. The lowest BCUT2D eigenvalue weighted by Crippen LogP contribution is -2.62. The molecule has 8 N–H and O–H groups in total. The molecule has 0 heterocycles. The highest BCUT2D eigenvalue weighted by Crippen LogP contribution is 2.23. The Bertz CT molecular complexity index is 1580. The molecule has 1 aromatic carbocycles. The van der Waals surface area contributed by atoms with Gasteiger partial charge in [0, 0.05) is 12.8 Å². The van der Waals surface area contributed by atoms with Crippen LogP contribution < -0.4 is 31.9 Å². The monoisotopic (exact) mass is 814 g/mol. The van der Waals surface area contributed by atoms with Crippen molar-refractivity contribution in [2.24, 2.45) is 17.3 Å². The first-order chi connectivity index (χ1) is 26.3. The minimum atomic E-state index is -4.76. The Morgan fingerprint density at radius 1 is 0.737 bits per heavy atom. The fourth-order valence-corrected chi connectivity index (χ4v) is 5.54. The van der Waals surface area contributed by atoms with Crippen LogP contribution in [0.1, 0.15) is 85.3 Å². The molecule has 1 rings (SSSR count). The van der Waals surface area contributed by atoms with Gasteiger partial charge in [-0.15, -0.1) is 0 Å². The van der Waals surface area contributed by atoms with Crippen molar-refractivity contribution in [3.8, 4) is 0 Å². The standard InChI is InChI=1S/C38H57F3N6O10/c1-20(2)15-25(32(53)42-24(18-48)17-38(39,40)41)45-36(57)31(37(6,7)8)47-33(54)26(16-23-12-10-9-11-22(23)5)44-35(56)30(21(3)4)46-34(55)27(19-49)43-28(50)13-14-29(51)52/h9-12,18,20-21,24-27,30-31,49H,13-17,19H2,1-8H3,(H,42,53)(H,43,50)(H,44,56)(H,45,57)(H,46,55)(H,47,54)(H,51,52)/t24?,25-,26-,27-,30+,31+/m0/s1. The Hall–Kier alpha value is -5.07. The summed E-state index contributed by atoms with van der Waals surface area (Å²) >= 11 is 0. The summed E-state index contributed by atoms with van der Waals surface area (Å²) in [7, 11) is 0. The molecule has 0 saturated heterocycles. The number of aliphatic hydroxyl groups is 1. The third kappa shape index (κ3) is 18.2. The van der Waals surface area contributed by atoms with E-state index in [1.54, 1.807) is 79.7 Å². The van der Waals surface area contributed by atoms with Crippen molar-refractivity contribution in [2.75, 3.05) is 6.61 Å². The minimum Gasteiger partial charge on any atom is -0.481 e. The van der Waals surface area contributed by atoms with Gasteiger partial charge in [-0.25, -0.2) is 0 Å². The maximum absolute atomic E-state index is 14.1. The first-order valence-corrected chi connectivity index (χ1v) is 18.5. The summed E-state index contributed by atoms with van der Waals surface area (Å²) in [4.78, 5) is 102. The lowest BCUT2D eigenvalue weighted by atomic mass is 9.85. The van der Waals surface area contributed by atoms with Gasteiger partial charge in [0.25, 0.3) is 0 Å². The predicted octanol–water partition coefficient (Wildman–Crippen LogP) is 1.20. The van der Waals surface area contributed by atoms with Gasteiger partial charge in [0.2, 0.25) is 35.4 Å². The lowest BCUT2D eigenvalue weighted by Gasteiger charge is -2.34. The summed E-state index contributed by atoms with van der Waals surface area (Å²) in [6.45, 7) is 12.3. The van der Waals surface area contributed by atoms with Gasteiger partial charge in [0.1, 0.15) is 36.5 Å². The van der Waals surface area contributed by atoms with Crippen LogP contribution >= 0.6 is 0 Å². The number of alkyl halides is 3. The van der Waals surface area contributed by atoms with Gasteiger partial charge in [-0.2, -0.15) is 13.2 Å². The van der Waals surface area contributed by atoms with E-state index in [0.29, 0.717) is 5.56 Å². The van der Waals surface area contributed by atoms with Crippen molar-refractivity contribution in [1.82, 2.24) is 31.9 Å². The number of aryl methyl sites for hydroxylation is 1. The van der Waals surface area contributed by atoms with Crippen LogP contribution in [0.15, 0.2) is 24.3 Å². The second-order valence-electron chi connectivity index (χ2n) is 15.7. The summed E-state index contributed by atoms with van der Waals surface area (Å²) in [5.74, 6) is -7.48. The molecular formula is C38H57F3N6O10. The molecule has 0 bridgehead atoms. The summed E-state index contributed by atoms with van der Waals surface area (Å²) in [5, 5.41) is 33.1. The van der Waals surface area contributed by atoms with Crippen LogP contribution in [0.3, 0.4) is 0 Å². The van der Waals surface area contributed by atoms with E-state index in [1.807, 2.05) is 5.32 Å². The van der Waals surface area contributed by atoms with Gasteiger partial charge >= 0.3 is 12.1 Å². The van der Waals surface area contributed by atoms with Crippen LogP contribution in [0, 0.1) is 24.2 Å². The third-order valence-corrected chi connectivity index (χ3v) is 8.66. The number of carboxylic acid groups (broad SMARTS) is 1. The molecule has 0 fully saturated rings. The quantitative estimate of drug-likeness (QED) is 0.0778. The molecule has 0 spiro atoms. The summed E-state index contributed by atoms with van der Waals surface area (Å²) in [5.41, 5.74) is 0.358. The molecule has 6 atom stereocenters. The Labute approximate surface area is 330 Å². The normalized spacial score (nSPS) is 14.9. The molecule has 320 valence electrons. The van der Waals surface area contributed by atoms with Crippen molar-refractivity contribution in [3.63, 3.8) is 0 Å². The Kier molecular flexibility index (Phi) is 19.8.